The predicted molar refractivity (Wildman–Crippen MR) is 71.6 cm³/mol. The lowest BCUT2D eigenvalue weighted by Crippen LogP contribution is -2.41. The van der Waals surface area contributed by atoms with Gasteiger partial charge in [-0.2, -0.15) is 0 Å². The summed E-state index contributed by atoms with van der Waals surface area (Å²) in [4.78, 5) is 24.3. The van der Waals surface area contributed by atoms with Crippen molar-refractivity contribution in [3.05, 3.63) is 22.4 Å². The van der Waals surface area contributed by atoms with Gasteiger partial charge in [-0.05, 0) is 35.3 Å². The van der Waals surface area contributed by atoms with Crippen molar-refractivity contribution in [1.29, 1.82) is 0 Å². The molecule has 1 N–H and O–H groups in total. The molecule has 1 heterocycles. The molecule has 1 aromatic rings. The van der Waals surface area contributed by atoms with Gasteiger partial charge < -0.3 is 14.6 Å². The molecule has 0 saturated heterocycles. The fraction of sp³-hybridized carbons (Fsp3) is 0.500. The van der Waals surface area contributed by atoms with Crippen LogP contribution in [0.2, 0.25) is 0 Å². The Labute approximate surface area is 115 Å². The van der Waals surface area contributed by atoms with E-state index in [1.54, 1.807) is 6.07 Å². The molecule has 0 saturated carbocycles. The Hall–Kier alpha value is -1.30. The molecule has 1 rings (SSSR count). The highest BCUT2D eigenvalue weighted by Gasteiger charge is 2.25. The van der Waals surface area contributed by atoms with Crippen molar-refractivity contribution in [2.24, 2.45) is 0 Å². The number of carboxylic acid groups (broad SMARTS) is 1. The van der Waals surface area contributed by atoms with Crippen LogP contribution >= 0.6 is 15.9 Å². The number of hydrogen-bond acceptors (Lipinski definition) is 2. The first kappa shape index (κ1) is 14.8. The van der Waals surface area contributed by atoms with Gasteiger partial charge in [0.1, 0.15) is 11.7 Å². The number of nitrogens with zero attached hydrogens (tertiary/aromatic N) is 2. The zero-order valence-corrected chi connectivity index (χ0v) is 12.3. The number of hydrogen-bond donors (Lipinski definition) is 1. The van der Waals surface area contributed by atoms with E-state index in [4.69, 9.17) is 5.11 Å². The molecule has 5 nitrogen and oxygen atoms in total. The summed E-state index contributed by atoms with van der Waals surface area (Å²) in [5, 5.41) is 8.92. The first-order chi connectivity index (χ1) is 8.38. The number of carboxylic acids is 1. The van der Waals surface area contributed by atoms with Gasteiger partial charge in [0.25, 0.3) is 5.91 Å². The summed E-state index contributed by atoms with van der Waals surface area (Å²) in [7, 11) is 1.50. The topological polar surface area (TPSA) is 62.5 Å². The van der Waals surface area contributed by atoms with Crippen LogP contribution in [0.15, 0.2) is 16.7 Å². The maximum Gasteiger partial charge on any atom is 0.326 e. The highest BCUT2D eigenvalue weighted by molar-refractivity contribution is 9.10. The Kier molecular flexibility index (Phi) is 4.95. The van der Waals surface area contributed by atoms with Crippen molar-refractivity contribution in [3.8, 4) is 0 Å². The third kappa shape index (κ3) is 3.13. The van der Waals surface area contributed by atoms with E-state index in [9.17, 15) is 9.59 Å². The van der Waals surface area contributed by atoms with E-state index in [2.05, 4.69) is 15.9 Å². The summed E-state index contributed by atoms with van der Waals surface area (Å²) in [6, 6.07) is 0.865. The number of rotatable bonds is 5. The standard InChI is InChI=1S/C12H17BrN2O3/c1-4-5-15-7-9(13)6-10(15)11(16)14(3)8(2)12(17)18/h6-8H,4-5H2,1-3H3,(H,17,18). The minimum absolute atomic E-state index is 0.288. The van der Waals surface area contributed by atoms with Crippen LogP contribution in [-0.2, 0) is 11.3 Å². The quantitative estimate of drug-likeness (QED) is 0.905. The molecule has 6 heteroatoms. The number of aromatic nitrogens is 1. The molecule has 0 aliphatic rings. The van der Waals surface area contributed by atoms with E-state index in [0.29, 0.717) is 5.69 Å². The lowest BCUT2D eigenvalue weighted by molar-refractivity contribution is -0.141. The molecule has 100 valence electrons. The van der Waals surface area contributed by atoms with Gasteiger partial charge in [0.15, 0.2) is 0 Å². The Bertz CT molecular complexity index is 456. The number of aliphatic carboxylic acids is 1. The number of carbonyl (C=O) groups is 2. The zero-order chi connectivity index (χ0) is 13.9. The van der Waals surface area contributed by atoms with Crippen LogP contribution < -0.4 is 0 Å². The van der Waals surface area contributed by atoms with Crippen LogP contribution in [0.3, 0.4) is 0 Å². The minimum atomic E-state index is -1.02. The van der Waals surface area contributed by atoms with Gasteiger partial charge in [-0.3, -0.25) is 4.79 Å². The third-order valence-corrected chi connectivity index (χ3v) is 3.24. The van der Waals surface area contributed by atoms with Gasteiger partial charge >= 0.3 is 5.97 Å². The average Bonchev–Trinajstić information content (AvgIpc) is 2.67. The lowest BCUT2D eigenvalue weighted by atomic mass is 10.2. The molecule has 1 aromatic heterocycles. The number of likely N-dealkylation sites (N-methyl/N-ethyl adjacent to an activating group) is 1. The third-order valence-electron chi connectivity index (χ3n) is 2.81. The molecule has 1 unspecified atom stereocenters. The van der Waals surface area contributed by atoms with E-state index in [1.165, 1.54) is 18.9 Å². The number of halogens is 1. The molecule has 0 radical (unpaired) electrons. The van der Waals surface area contributed by atoms with Gasteiger partial charge in [-0.1, -0.05) is 6.92 Å². The van der Waals surface area contributed by atoms with Gasteiger partial charge in [-0.25, -0.2) is 4.79 Å². The Morgan fingerprint density at radius 2 is 2.17 bits per heavy atom. The summed E-state index contributed by atoms with van der Waals surface area (Å²) in [6.07, 6.45) is 2.73. The molecule has 18 heavy (non-hydrogen) atoms. The molecule has 0 spiro atoms. The van der Waals surface area contributed by atoms with Crippen LogP contribution in [0.4, 0.5) is 0 Å². The zero-order valence-electron chi connectivity index (χ0n) is 10.7. The molecule has 0 aliphatic heterocycles. The molecular weight excluding hydrogens is 300 g/mol. The van der Waals surface area contributed by atoms with Crippen molar-refractivity contribution in [3.63, 3.8) is 0 Å². The number of carbonyl (C=O) groups excluding carboxylic acids is 1. The van der Waals surface area contributed by atoms with E-state index in [0.717, 1.165) is 17.4 Å². The molecule has 0 bridgehead atoms. The SMILES string of the molecule is CCCn1cc(Br)cc1C(=O)N(C)C(C)C(=O)O. The summed E-state index contributed by atoms with van der Waals surface area (Å²) < 4.78 is 2.65. The van der Waals surface area contributed by atoms with Crippen molar-refractivity contribution in [2.45, 2.75) is 32.9 Å². The van der Waals surface area contributed by atoms with Crippen LogP contribution in [0.1, 0.15) is 30.8 Å². The van der Waals surface area contributed by atoms with Gasteiger partial charge in [0.2, 0.25) is 0 Å². The second-order valence-electron chi connectivity index (χ2n) is 4.17. The summed E-state index contributed by atoms with van der Waals surface area (Å²) in [5.41, 5.74) is 0.499. The van der Waals surface area contributed by atoms with Gasteiger partial charge in [0, 0.05) is 24.3 Å². The van der Waals surface area contributed by atoms with E-state index in [1.807, 2.05) is 17.7 Å². The monoisotopic (exact) mass is 316 g/mol. The van der Waals surface area contributed by atoms with Crippen LogP contribution in [-0.4, -0.2) is 39.5 Å². The normalized spacial score (nSPS) is 12.2. The van der Waals surface area contributed by atoms with Crippen LogP contribution in [0.25, 0.3) is 0 Å². The smallest absolute Gasteiger partial charge is 0.326 e. The predicted octanol–water partition coefficient (Wildman–Crippen LogP) is 2.21. The summed E-state index contributed by atoms with van der Waals surface area (Å²) >= 11 is 3.33. The molecule has 0 fully saturated rings. The van der Waals surface area contributed by atoms with Crippen molar-refractivity contribution >= 4 is 27.8 Å². The fourth-order valence-corrected chi connectivity index (χ4v) is 2.07. The first-order valence-electron chi connectivity index (χ1n) is 5.74. The second kappa shape index (κ2) is 6.04. The Morgan fingerprint density at radius 1 is 1.56 bits per heavy atom. The largest absolute Gasteiger partial charge is 0.480 e. The van der Waals surface area contributed by atoms with E-state index in [-0.39, 0.29) is 5.91 Å². The van der Waals surface area contributed by atoms with Crippen LogP contribution in [0.5, 0.6) is 0 Å². The Balaban J connectivity index is 2.99. The van der Waals surface area contributed by atoms with Gasteiger partial charge in [-0.15, -0.1) is 0 Å². The molecule has 1 atom stereocenters. The molecule has 1 amide bonds. The lowest BCUT2D eigenvalue weighted by Gasteiger charge is -2.22. The fourth-order valence-electron chi connectivity index (χ4n) is 1.60. The molecule has 0 aromatic carbocycles. The van der Waals surface area contributed by atoms with Crippen LogP contribution in [0, 0.1) is 0 Å². The Morgan fingerprint density at radius 3 is 2.67 bits per heavy atom. The maximum absolute atomic E-state index is 12.2. The van der Waals surface area contributed by atoms with E-state index < -0.39 is 12.0 Å². The number of aryl methyl sites for hydroxylation is 1. The van der Waals surface area contributed by atoms with Gasteiger partial charge in [0.05, 0.1) is 0 Å². The van der Waals surface area contributed by atoms with E-state index >= 15 is 0 Å². The van der Waals surface area contributed by atoms with Crippen molar-refractivity contribution < 1.29 is 14.7 Å². The molecule has 0 aliphatic carbocycles. The summed E-state index contributed by atoms with van der Waals surface area (Å²) in [5.74, 6) is -1.30. The highest BCUT2D eigenvalue weighted by atomic mass is 79.9. The average molecular weight is 317 g/mol. The summed E-state index contributed by atoms with van der Waals surface area (Å²) in [6.45, 7) is 4.23. The first-order valence-corrected chi connectivity index (χ1v) is 6.53. The number of amides is 1. The second-order valence-corrected chi connectivity index (χ2v) is 5.08. The minimum Gasteiger partial charge on any atom is -0.480 e. The maximum atomic E-state index is 12.2. The van der Waals surface area contributed by atoms with Crippen molar-refractivity contribution in [2.75, 3.05) is 7.05 Å². The molecular formula is C12H17BrN2O3. The van der Waals surface area contributed by atoms with Crippen molar-refractivity contribution in [1.82, 2.24) is 9.47 Å². The highest BCUT2D eigenvalue weighted by Crippen LogP contribution is 2.17.